The Bertz CT molecular complexity index is 632. The molecule has 0 aromatic carbocycles. The molecule has 4 aliphatic carbocycles. The fourth-order valence-corrected chi connectivity index (χ4v) is 8.94. The van der Waals surface area contributed by atoms with Crippen molar-refractivity contribution in [3.63, 3.8) is 0 Å². The molecule has 0 spiro atoms. The molecule has 4 rings (SSSR count). The molecule has 0 aromatic rings. The van der Waals surface area contributed by atoms with Gasteiger partial charge in [0.05, 0.1) is 0 Å². The zero-order valence-corrected chi connectivity index (χ0v) is 18.5. The fourth-order valence-electron chi connectivity index (χ4n) is 8.94. The van der Waals surface area contributed by atoms with Gasteiger partial charge in [-0.3, -0.25) is 4.79 Å². The average Bonchev–Trinajstić information content (AvgIpc) is 3.04. The molecule has 9 atom stereocenters. The Morgan fingerprint density at radius 3 is 2.52 bits per heavy atom. The quantitative estimate of drug-likeness (QED) is 0.618. The van der Waals surface area contributed by atoms with Crippen molar-refractivity contribution in [2.75, 3.05) is 0 Å². The molecule has 0 amide bonds. The van der Waals surface area contributed by atoms with Gasteiger partial charge in [-0.15, -0.1) is 0 Å². The van der Waals surface area contributed by atoms with Crippen LogP contribution >= 0.6 is 0 Å². The van der Waals surface area contributed by atoms with E-state index in [9.17, 15) is 14.7 Å². The minimum Gasteiger partial charge on any atom is -0.550 e. The lowest BCUT2D eigenvalue weighted by molar-refractivity contribution is -0.306. The van der Waals surface area contributed by atoms with E-state index in [1.54, 1.807) is 0 Å². The van der Waals surface area contributed by atoms with E-state index in [0.29, 0.717) is 35.1 Å². The summed E-state index contributed by atoms with van der Waals surface area (Å²) in [6.45, 7) is 8.00. The summed E-state index contributed by atoms with van der Waals surface area (Å²) in [5.41, 5.74) is 0.791. The largest absolute Gasteiger partial charge is 0.550 e. The monoisotopic (exact) mass is 403 g/mol. The van der Waals surface area contributed by atoms with Crippen LogP contribution in [0.25, 0.3) is 0 Å². The van der Waals surface area contributed by atoms with Crippen molar-refractivity contribution in [1.29, 1.82) is 0 Å². The molecule has 0 bridgehead atoms. The number of carboxylic acid groups (broad SMARTS) is 1. The van der Waals surface area contributed by atoms with Crippen LogP contribution in [-0.4, -0.2) is 18.5 Å². The van der Waals surface area contributed by atoms with Crippen LogP contribution < -0.4 is 5.11 Å². The molecule has 0 N–H and O–H groups in total. The third-order valence-electron chi connectivity index (χ3n) is 10.4. The van der Waals surface area contributed by atoms with Gasteiger partial charge in [-0.1, -0.05) is 20.8 Å². The molecule has 4 fully saturated rings. The minimum absolute atomic E-state index is 0.136. The van der Waals surface area contributed by atoms with Crippen LogP contribution in [0.5, 0.6) is 0 Å². The summed E-state index contributed by atoms with van der Waals surface area (Å²) in [4.78, 5) is 21.8. The predicted octanol–water partition coefficient (Wildman–Crippen LogP) is 4.35. The van der Waals surface area contributed by atoms with Crippen LogP contribution in [0.15, 0.2) is 0 Å². The van der Waals surface area contributed by atoms with E-state index >= 15 is 0 Å². The first-order valence-electron chi connectivity index (χ1n) is 12.1. The maximum absolute atomic E-state index is 11.0. The van der Waals surface area contributed by atoms with Gasteiger partial charge in [0.1, 0.15) is 6.10 Å². The summed E-state index contributed by atoms with van der Waals surface area (Å²) in [5, 5.41) is 11.0. The zero-order chi connectivity index (χ0) is 20.8. The number of ether oxygens (including phenoxy) is 1. The van der Waals surface area contributed by atoms with Crippen LogP contribution in [0.3, 0.4) is 0 Å². The maximum Gasteiger partial charge on any atom is 0.293 e. The van der Waals surface area contributed by atoms with Crippen LogP contribution in [-0.2, 0) is 14.3 Å². The van der Waals surface area contributed by atoms with E-state index in [0.717, 1.165) is 37.0 Å². The Labute approximate surface area is 176 Å². The average molecular weight is 404 g/mol. The molecule has 0 heterocycles. The standard InChI is InChI=1S/C25H40O4/c1-16(4-9-23(27)28)20-7-8-21-19-6-5-17-14-18(29-15-26)10-12-24(17,2)22(19)11-13-25(20,21)3/h15-22H,4-14H2,1-3H3,(H,27,28)/p-1/t16-,17-,18-,19+,20-,21+,22-,24+,25-/m1/s1. The number of hydrogen-bond donors (Lipinski definition) is 0. The van der Waals surface area contributed by atoms with Crippen LogP contribution in [0, 0.1) is 46.3 Å². The molecule has 0 unspecified atom stereocenters. The minimum atomic E-state index is -0.902. The summed E-state index contributed by atoms with van der Waals surface area (Å²) in [5.74, 6) is 3.38. The molecule has 164 valence electrons. The Morgan fingerprint density at radius 2 is 1.79 bits per heavy atom. The van der Waals surface area contributed by atoms with E-state index in [1.165, 1.54) is 44.9 Å². The molecular formula is C25H39O4-. The van der Waals surface area contributed by atoms with Gasteiger partial charge in [0.25, 0.3) is 6.47 Å². The summed E-state index contributed by atoms with van der Waals surface area (Å²) in [7, 11) is 0. The predicted molar refractivity (Wildman–Crippen MR) is 110 cm³/mol. The summed E-state index contributed by atoms with van der Waals surface area (Å²) in [6.07, 6.45) is 12.2. The number of hydrogen-bond acceptors (Lipinski definition) is 4. The van der Waals surface area contributed by atoms with Gasteiger partial charge >= 0.3 is 0 Å². The Hall–Kier alpha value is -1.06. The van der Waals surface area contributed by atoms with Crippen molar-refractivity contribution in [2.45, 2.75) is 97.5 Å². The second-order valence-corrected chi connectivity index (χ2v) is 11.4. The summed E-state index contributed by atoms with van der Waals surface area (Å²) in [6, 6.07) is 0. The van der Waals surface area contributed by atoms with Crippen LogP contribution in [0.1, 0.15) is 91.4 Å². The first-order chi connectivity index (χ1) is 13.8. The lowest BCUT2D eigenvalue weighted by atomic mass is 9.44. The van der Waals surface area contributed by atoms with Crippen molar-refractivity contribution < 1.29 is 19.4 Å². The molecule has 4 aliphatic rings. The molecule has 0 saturated heterocycles. The molecular weight excluding hydrogens is 364 g/mol. The van der Waals surface area contributed by atoms with Crippen molar-refractivity contribution in [3.8, 4) is 0 Å². The van der Waals surface area contributed by atoms with Gasteiger partial charge in [-0.05, 0) is 117 Å². The highest BCUT2D eigenvalue weighted by Crippen LogP contribution is 2.68. The van der Waals surface area contributed by atoms with E-state index in [-0.39, 0.29) is 12.5 Å². The molecule has 4 heteroatoms. The van der Waals surface area contributed by atoms with Crippen LogP contribution in [0.2, 0.25) is 0 Å². The normalized spacial score (nSPS) is 47.4. The molecule has 4 saturated carbocycles. The maximum atomic E-state index is 11.0. The SMILES string of the molecule is C[C@H](CCC(=O)[O-])[C@H]1CC[C@H]2[C@@H]3CC[C@@H]4C[C@H](OC=O)CC[C@]4(C)[C@@H]3CC[C@]12C. The van der Waals surface area contributed by atoms with E-state index < -0.39 is 5.97 Å². The zero-order valence-electron chi connectivity index (χ0n) is 18.5. The number of carbonyl (C=O) groups excluding carboxylic acids is 2. The first kappa shape index (κ1) is 21.2. The van der Waals surface area contributed by atoms with Gasteiger partial charge in [0, 0.05) is 5.97 Å². The lowest BCUT2D eigenvalue weighted by Gasteiger charge is -2.61. The van der Waals surface area contributed by atoms with Crippen LogP contribution in [0.4, 0.5) is 0 Å². The molecule has 29 heavy (non-hydrogen) atoms. The van der Waals surface area contributed by atoms with Gasteiger partial charge in [-0.25, -0.2) is 0 Å². The Balaban J connectivity index is 1.48. The smallest absolute Gasteiger partial charge is 0.293 e. The van der Waals surface area contributed by atoms with E-state index in [1.807, 2.05) is 0 Å². The Kier molecular flexibility index (Phi) is 5.76. The third kappa shape index (κ3) is 3.53. The highest BCUT2D eigenvalue weighted by Gasteiger charge is 2.60. The number of carboxylic acids is 1. The molecule has 0 aliphatic heterocycles. The van der Waals surface area contributed by atoms with E-state index in [4.69, 9.17) is 4.74 Å². The third-order valence-corrected chi connectivity index (χ3v) is 10.4. The molecule has 0 aromatic heterocycles. The second kappa shape index (κ2) is 7.89. The number of carbonyl (C=O) groups is 2. The van der Waals surface area contributed by atoms with E-state index in [2.05, 4.69) is 20.8 Å². The van der Waals surface area contributed by atoms with Gasteiger partial charge in [-0.2, -0.15) is 0 Å². The first-order valence-corrected chi connectivity index (χ1v) is 12.1. The van der Waals surface area contributed by atoms with Crippen molar-refractivity contribution in [2.24, 2.45) is 46.3 Å². The number of rotatable bonds is 6. The number of aliphatic carboxylic acids is 1. The van der Waals surface area contributed by atoms with Gasteiger partial charge in [0.15, 0.2) is 0 Å². The molecule has 4 nitrogen and oxygen atoms in total. The number of fused-ring (bicyclic) bond motifs is 5. The van der Waals surface area contributed by atoms with Crippen molar-refractivity contribution in [1.82, 2.24) is 0 Å². The highest BCUT2D eigenvalue weighted by molar-refractivity contribution is 5.64. The lowest BCUT2D eigenvalue weighted by Crippen LogP contribution is -2.54. The molecule has 0 radical (unpaired) electrons. The van der Waals surface area contributed by atoms with Crippen molar-refractivity contribution >= 4 is 12.4 Å². The van der Waals surface area contributed by atoms with Gasteiger partial charge < -0.3 is 14.6 Å². The van der Waals surface area contributed by atoms with Crippen molar-refractivity contribution in [3.05, 3.63) is 0 Å². The summed E-state index contributed by atoms with van der Waals surface area (Å²) < 4.78 is 5.35. The summed E-state index contributed by atoms with van der Waals surface area (Å²) >= 11 is 0. The topological polar surface area (TPSA) is 66.4 Å². The second-order valence-electron chi connectivity index (χ2n) is 11.4. The van der Waals surface area contributed by atoms with Gasteiger partial charge in [0.2, 0.25) is 0 Å². The highest BCUT2D eigenvalue weighted by atomic mass is 16.5. The fraction of sp³-hybridized carbons (Fsp3) is 0.920. The Morgan fingerprint density at radius 1 is 1.07 bits per heavy atom.